The van der Waals surface area contributed by atoms with E-state index in [1.54, 1.807) is 6.07 Å². The van der Waals surface area contributed by atoms with Gasteiger partial charge in [0.25, 0.3) is 5.69 Å². The summed E-state index contributed by atoms with van der Waals surface area (Å²) in [6, 6.07) is 3.20. The van der Waals surface area contributed by atoms with Crippen LogP contribution in [-0.2, 0) is 13.1 Å². The molecule has 1 aromatic carbocycles. The van der Waals surface area contributed by atoms with Crippen LogP contribution in [0.15, 0.2) is 12.1 Å². The Kier molecular flexibility index (Phi) is 1.94. The van der Waals surface area contributed by atoms with Gasteiger partial charge in [-0.15, -0.1) is 0 Å². The first-order chi connectivity index (χ1) is 6.18. The van der Waals surface area contributed by atoms with E-state index in [0.717, 1.165) is 17.7 Å². The van der Waals surface area contributed by atoms with Crippen LogP contribution in [0.4, 0.5) is 5.69 Å². The Balaban J connectivity index is 2.55. The van der Waals surface area contributed by atoms with Gasteiger partial charge in [-0.2, -0.15) is 0 Å². The van der Waals surface area contributed by atoms with Gasteiger partial charge in [0.1, 0.15) is 5.02 Å². The number of nitro benzene ring substituents is 1. The monoisotopic (exact) mass is 198 g/mol. The van der Waals surface area contributed by atoms with Crippen LogP contribution in [0.25, 0.3) is 0 Å². The van der Waals surface area contributed by atoms with Crippen LogP contribution in [0.2, 0.25) is 5.02 Å². The third-order valence-corrected chi connectivity index (χ3v) is 2.40. The van der Waals surface area contributed by atoms with Crippen LogP contribution in [0.1, 0.15) is 11.1 Å². The van der Waals surface area contributed by atoms with Gasteiger partial charge in [0.2, 0.25) is 0 Å². The highest BCUT2D eigenvalue weighted by Gasteiger charge is 2.19. The molecule has 0 bridgehead atoms. The molecule has 1 N–H and O–H groups in total. The van der Waals surface area contributed by atoms with Crippen LogP contribution >= 0.6 is 11.6 Å². The molecule has 1 aliphatic heterocycles. The van der Waals surface area contributed by atoms with E-state index in [1.807, 2.05) is 0 Å². The zero-order valence-corrected chi connectivity index (χ0v) is 7.47. The zero-order valence-electron chi connectivity index (χ0n) is 6.71. The zero-order chi connectivity index (χ0) is 9.42. The Morgan fingerprint density at radius 3 is 2.62 bits per heavy atom. The molecule has 0 saturated carbocycles. The molecule has 4 nitrogen and oxygen atoms in total. The molecule has 1 aliphatic rings. The molecule has 0 atom stereocenters. The molecule has 0 unspecified atom stereocenters. The second kappa shape index (κ2) is 2.97. The molecule has 2 rings (SSSR count). The van der Waals surface area contributed by atoms with Crippen molar-refractivity contribution in [2.75, 3.05) is 0 Å². The van der Waals surface area contributed by atoms with E-state index in [4.69, 9.17) is 11.6 Å². The number of benzene rings is 1. The molecule has 0 aromatic heterocycles. The lowest BCUT2D eigenvalue weighted by Crippen LogP contribution is -1.99. The van der Waals surface area contributed by atoms with E-state index in [-0.39, 0.29) is 10.7 Å². The summed E-state index contributed by atoms with van der Waals surface area (Å²) in [5.41, 5.74) is 2.01. The molecule has 68 valence electrons. The van der Waals surface area contributed by atoms with Gasteiger partial charge in [-0.05, 0) is 17.2 Å². The Bertz CT molecular complexity index is 379. The molecule has 0 aliphatic carbocycles. The van der Waals surface area contributed by atoms with Crippen LogP contribution < -0.4 is 5.32 Å². The van der Waals surface area contributed by atoms with Crippen molar-refractivity contribution in [2.24, 2.45) is 0 Å². The maximum atomic E-state index is 10.5. The summed E-state index contributed by atoms with van der Waals surface area (Å²) in [6.07, 6.45) is 0. The van der Waals surface area contributed by atoms with Crippen molar-refractivity contribution in [2.45, 2.75) is 13.1 Å². The number of halogens is 1. The first kappa shape index (κ1) is 8.47. The lowest BCUT2D eigenvalue weighted by molar-refractivity contribution is -0.384. The second-order valence-corrected chi connectivity index (χ2v) is 3.34. The number of rotatable bonds is 1. The van der Waals surface area contributed by atoms with E-state index in [2.05, 4.69) is 5.32 Å². The number of nitrogens with zero attached hydrogens (tertiary/aromatic N) is 1. The van der Waals surface area contributed by atoms with E-state index in [1.165, 1.54) is 6.07 Å². The summed E-state index contributed by atoms with van der Waals surface area (Å²) in [5, 5.41) is 13.8. The van der Waals surface area contributed by atoms with Crippen molar-refractivity contribution in [1.82, 2.24) is 5.32 Å². The summed E-state index contributed by atoms with van der Waals surface area (Å²) < 4.78 is 0. The molecule has 1 aromatic rings. The predicted octanol–water partition coefficient (Wildman–Crippen LogP) is 1.85. The van der Waals surface area contributed by atoms with E-state index in [0.29, 0.717) is 6.54 Å². The summed E-state index contributed by atoms with van der Waals surface area (Å²) in [5.74, 6) is 0. The van der Waals surface area contributed by atoms with Gasteiger partial charge in [0, 0.05) is 19.2 Å². The molecule has 0 saturated heterocycles. The minimum absolute atomic E-state index is 0.0101. The summed E-state index contributed by atoms with van der Waals surface area (Å²) in [7, 11) is 0. The Morgan fingerprint density at radius 2 is 2.00 bits per heavy atom. The molecule has 0 fully saturated rings. The highest BCUT2D eigenvalue weighted by Crippen LogP contribution is 2.29. The molecular weight excluding hydrogens is 192 g/mol. The van der Waals surface area contributed by atoms with Gasteiger partial charge < -0.3 is 5.32 Å². The Morgan fingerprint density at radius 1 is 1.38 bits per heavy atom. The van der Waals surface area contributed by atoms with E-state index < -0.39 is 4.92 Å². The summed E-state index contributed by atoms with van der Waals surface area (Å²) in [6.45, 7) is 1.43. The fourth-order valence-corrected chi connectivity index (χ4v) is 1.70. The minimum Gasteiger partial charge on any atom is -0.309 e. The fourth-order valence-electron chi connectivity index (χ4n) is 1.45. The SMILES string of the molecule is O=[N+]([O-])c1cc2c(cc1Cl)CNC2. The van der Waals surface area contributed by atoms with Gasteiger partial charge in [-0.25, -0.2) is 0 Å². The number of fused-ring (bicyclic) bond motifs is 1. The molecule has 0 spiro atoms. The average Bonchev–Trinajstić information content (AvgIpc) is 2.48. The van der Waals surface area contributed by atoms with E-state index >= 15 is 0 Å². The van der Waals surface area contributed by atoms with Gasteiger partial charge in [0.05, 0.1) is 4.92 Å². The molecule has 13 heavy (non-hydrogen) atoms. The van der Waals surface area contributed by atoms with Gasteiger partial charge in [0.15, 0.2) is 0 Å². The van der Waals surface area contributed by atoms with Crippen LogP contribution in [0, 0.1) is 10.1 Å². The number of hydrogen-bond donors (Lipinski definition) is 1. The smallest absolute Gasteiger partial charge is 0.288 e. The molecular formula is C8H7ClN2O2. The van der Waals surface area contributed by atoms with Crippen molar-refractivity contribution in [3.63, 3.8) is 0 Å². The van der Waals surface area contributed by atoms with Gasteiger partial charge in [-0.1, -0.05) is 11.6 Å². The number of nitrogens with one attached hydrogen (secondary N) is 1. The third kappa shape index (κ3) is 1.38. The normalized spacial score (nSPS) is 14.2. The minimum atomic E-state index is -0.457. The molecule has 1 heterocycles. The van der Waals surface area contributed by atoms with Gasteiger partial charge in [-0.3, -0.25) is 10.1 Å². The highest BCUT2D eigenvalue weighted by atomic mass is 35.5. The molecule has 0 amide bonds. The quantitative estimate of drug-likeness (QED) is 0.554. The standard InChI is InChI=1S/C8H7ClN2O2/c9-7-1-5-3-10-4-6(5)2-8(7)11(12)13/h1-2,10H,3-4H2. The lowest BCUT2D eigenvalue weighted by atomic mass is 10.1. The van der Waals surface area contributed by atoms with Crippen molar-refractivity contribution in [3.05, 3.63) is 38.4 Å². The van der Waals surface area contributed by atoms with Crippen LogP contribution in [0.5, 0.6) is 0 Å². The largest absolute Gasteiger partial charge is 0.309 e. The number of hydrogen-bond acceptors (Lipinski definition) is 3. The van der Waals surface area contributed by atoms with Crippen molar-refractivity contribution in [3.8, 4) is 0 Å². The molecule has 5 heteroatoms. The van der Waals surface area contributed by atoms with Crippen molar-refractivity contribution in [1.29, 1.82) is 0 Å². The summed E-state index contributed by atoms with van der Waals surface area (Å²) >= 11 is 5.73. The highest BCUT2D eigenvalue weighted by molar-refractivity contribution is 6.32. The van der Waals surface area contributed by atoms with E-state index in [9.17, 15) is 10.1 Å². The Hall–Kier alpha value is -1.13. The third-order valence-electron chi connectivity index (χ3n) is 2.10. The average molecular weight is 199 g/mol. The maximum Gasteiger partial charge on any atom is 0.288 e. The maximum absolute atomic E-state index is 10.5. The molecule has 0 radical (unpaired) electrons. The topological polar surface area (TPSA) is 55.2 Å². The first-order valence-corrected chi connectivity index (χ1v) is 4.22. The van der Waals surface area contributed by atoms with Crippen molar-refractivity contribution < 1.29 is 4.92 Å². The fraction of sp³-hybridized carbons (Fsp3) is 0.250. The first-order valence-electron chi connectivity index (χ1n) is 3.85. The second-order valence-electron chi connectivity index (χ2n) is 2.93. The Labute approximate surface area is 79.7 Å². The lowest BCUT2D eigenvalue weighted by Gasteiger charge is -1.99. The van der Waals surface area contributed by atoms with Gasteiger partial charge >= 0.3 is 0 Å². The number of nitro groups is 1. The van der Waals surface area contributed by atoms with Crippen LogP contribution in [-0.4, -0.2) is 4.92 Å². The predicted molar refractivity (Wildman–Crippen MR) is 48.7 cm³/mol. The van der Waals surface area contributed by atoms with Crippen molar-refractivity contribution >= 4 is 17.3 Å². The summed E-state index contributed by atoms with van der Waals surface area (Å²) in [4.78, 5) is 10.1. The van der Waals surface area contributed by atoms with Crippen LogP contribution in [0.3, 0.4) is 0 Å².